The van der Waals surface area contributed by atoms with Crippen molar-refractivity contribution in [1.29, 1.82) is 0 Å². The van der Waals surface area contributed by atoms with Crippen LogP contribution in [0.4, 0.5) is 14.9 Å². The first-order valence-electron chi connectivity index (χ1n) is 8.64. The van der Waals surface area contributed by atoms with Crippen molar-refractivity contribution in [2.45, 2.75) is 0 Å². The molecule has 0 spiro atoms. The van der Waals surface area contributed by atoms with Gasteiger partial charge in [-0.25, -0.2) is 14.1 Å². The quantitative estimate of drug-likeness (QED) is 0.539. The van der Waals surface area contributed by atoms with Crippen LogP contribution in [0.3, 0.4) is 0 Å². The van der Waals surface area contributed by atoms with Gasteiger partial charge in [0.25, 0.3) is 5.91 Å². The highest BCUT2D eigenvalue weighted by molar-refractivity contribution is 6.32. The summed E-state index contributed by atoms with van der Waals surface area (Å²) in [6.45, 7) is -0.580. The minimum absolute atomic E-state index is 0.0507. The van der Waals surface area contributed by atoms with Crippen LogP contribution in [0.15, 0.2) is 42.1 Å². The van der Waals surface area contributed by atoms with Gasteiger partial charge in [-0.15, -0.1) is 0 Å². The zero-order chi connectivity index (χ0) is 21.8. The van der Waals surface area contributed by atoms with E-state index in [1.165, 1.54) is 44.6 Å². The van der Waals surface area contributed by atoms with E-state index in [2.05, 4.69) is 10.6 Å². The Balaban J connectivity index is 1.77. The number of nitrogens with one attached hydrogen (secondary N) is 2. The normalized spacial score (nSPS) is 14.7. The number of amides is 4. The number of urea groups is 1. The standard InChI is InChI=1S/C20H17ClFN3O5/c1-29-16-9-11(7-12(21)18(16)30-2)8-15-19(27)25(20(28)24-15)10-17(26)23-14-6-4-3-5-13(14)22/h3-9H,10H2,1-2H3,(H,23,26)(H,24,28)/b15-8+. The van der Waals surface area contributed by atoms with Gasteiger partial charge in [0.2, 0.25) is 5.91 Å². The first kappa shape index (κ1) is 21.1. The average molecular weight is 434 g/mol. The lowest BCUT2D eigenvalue weighted by Crippen LogP contribution is -2.38. The third-order valence-corrected chi connectivity index (χ3v) is 4.46. The van der Waals surface area contributed by atoms with Crippen LogP contribution >= 0.6 is 11.6 Å². The lowest BCUT2D eigenvalue weighted by Gasteiger charge is -2.12. The third kappa shape index (κ3) is 4.36. The maximum Gasteiger partial charge on any atom is 0.329 e. The fourth-order valence-corrected chi connectivity index (χ4v) is 3.10. The number of rotatable bonds is 6. The Bertz CT molecular complexity index is 1060. The molecule has 0 saturated carbocycles. The van der Waals surface area contributed by atoms with Crippen molar-refractivity contribution in [3.05, 3.63) is 58.5 Å². The van der Waals surface area contributed by atoms with Crippen LogP contribution in [0.1, 0.15) is 5.56 Å². The molecule has 0 unspecified atom stereocenters. The van der Waals surface area contributed by atoms with Crippen LogP contribution in [0.2, 0.25) is 5.02 Å². The molecular weight excluding hydrogens is 417 g/mol. The lowest BCUT2D eigenvalue weighted by molar-refractivity contribution is -0.127. The number of carbonyl (C=O) groups excluding carboxylic acids is 3. The smallest absolute Gasteiger partial charge is 0.329 e. The Labute approximate surface area is 176 Å². The molecule has 1 heterocycles. The Morgan fingerprint density at radius 2 is 1.97 bits per heavy atom. The predicted molar refractivity (Wildman–Crippen MR) is 108 cm³/mol. The van der Waals surface area contributed by atoms with E-state index in [-0.39, 0.29) is 16.4 Å². The summed E-state index contributed by atoms with van der Waals surface area (Å²) in [5.41, 5.74) is 0.367. The molecule has 0 radical (unpaired) electrons. The van der Waals surface area contributed by atoms with Crippen LogP contribution in [-0.4, -0.2) is 43.5 Å². The lowest BCUT2D eigenvalue weighted by atomic mass is 10.1. The average Bonchev–Trinajstić information content (AvgIpc) is 2.96. The second kappa shape index (κ2) is 8.83. The summed E-state index contributed by atoms with van der Waals surface area (Å²) in [7, 11) is 2.87. The SMILES string of the molecule is COc1cc(/C=C2/NC(=O)N(CC(=O)Nc3ccccc3F)C2=O)cc(Cl)c1OC. The number of imide groups is 1. The van der Waals surface area contributed by atoms with Crippen molar-refractivity contribution < 1.29 is 28.2 Å². The van der Waals surface area contributed by atoms with E-state index < -0.39 is 30.2 Å². The molecule has 4 amide bonds. The molecule has 8 nitrogen and oxygen atoms in total. The summed E-state index contributed by atoms with van der Waals surface area (Å²) in [6.07, 6.45) is 1.39. The van der Waals surface area contributed by atoms with E-state index >= 15 is 0 Å². The minimum Gasteiger partial charge on any atom is -0.493 e. The molecule has 1 saturated heterocycles. The van der Waals surface area contributed by atoms with Gasteiger partial charge in [-0.05, 0) is 35.9 Å². The summed E-state index contributed by atoms with van der Waals surface area (Å²) >= 11 is 6.15. The molecule has 2 aromatic rings. The number of carbonyl (C=O) groups is 3. The molecular formula is C20H17ClFN3O5. The van der Waals surface area contributed by atoms with Gasteiger partial charge in [0.1, 0.15) is 18.1 Å². The zero-order valence-electron chi connectivity index (χ0n) is 16.0. The highest BCUT2D eigenvalue weighted by atomic mass is 35.5. The number of anilines is 1. The molecule has 10 heteroatoms. The van der Waals surface area contributed by atoms with Crippen molar-refractivity contribution >= 4 is 41.2 Å². The van der Waals surface area contributed by atoms with Crippen LogP contribution in [0.5, 0.6) is 11.5 Å². The fraction of sp³-hybridized carbons (Fsp3) is 0.150. The van der Waals surface area contributed by atoms with E-state index in [9.17, 15) is 18.8 Å². The maximum atomic E-state index is 13.7. The summed E-state index contributed by atoms with van der Waals surface area (Å²) < 4.78 is 24.0. The summed E-state index contributed by atoms with van der Waals surface area (Å²) in [6, 6.07) is 7.89. The van der Waals surface area contributed by atoms with Crippen molar-refractivity contribution in [3.63, 3.8) is 0 Å². The van der Waals surface area contributed by atoms with Crippen molar-refractivity contribution in [1.82, 2.24) is 10.2 Å². The maximum absolute atomic E-state index is 13.7. The molecule has 1 fully saturated rings. The highest BCUT2D eigenvalue weighted by Gasteiger charge is 2.35. The number of ether oxygens (including phenoxy) is 2. The third-order valence-electron chi connectivity index (χ3n) is 4.18. The van der Waals surface area contributed by atoms with Gasteiger partial charge in [0.15, 0.2) is 11.5 Å². The van der Waals surface area contributed by atoms with E-state index in [4.69, 9.17) is 21.1 Å². The largest absolute Gasteiger partial charge is 0.493 e. The minimum atomic E-state index is -0.776. The number of para-hydroxylation sites is 1. The van der Waals surface area contributed by atoms with Crippen LogP contribution in [0.25, 0.3) is 6.08 Å². The van der Waals surface area contributed by atoms with Crippen molar-refractivity contribution in [2.75, 3.05) is 26.1 Å². The predicted octanol–water partition coefficient (Wildman–Crippen LogP) is 3.03. The van der Waals surface area contributed by atoms with Gasteiger partial charge in [-0.1, -0.05) is 23.7 Å². The van der Waals surface area contributed by atoms with Crippen molar-refractivity contribution in [3.8, 4) is 11.5 Å². The summed E-state index contributed by atoms with van der Waals surface area (Å²) in [4.78, 5) is 37.6. The Kier molecular flexibility index (Phi) is 6.22. The van der Waals surface area contributed by atoms with Gasteiger partial charge < -0.3 is 20.1 Å². The first-order valence-corrected chi connectivity index (χ1v) is 9.02. The molecule has 1 aliphatic heterocycles. The van der Waals surface area contributed by atoms with E-state index in [0.717, 1.165) is 0 Å². The van der Waals surface area contributed by atoms with Gasteiger partial charge >= 0.3 is 6.03 Å². The van der Waals surface area contributed by atoms with Gasteiger partial charge in [-0.2, -0.15) is 0 Å². The van der Waals surface area contributed by atoms with E-state index in [0.29, 0.717) is 22.0 Å². The number of halogens is 2. The number of benzene rings is 2. The highest BCUT2D eigenvalue weighted by Crippen LogP contribution is 2.36. The Morgan fingerprint density at radius 3 is 2.63 bits per heavy atom. The number of hydrogen-bond acceptors (Lipinski definition) is 5. The number of methoxy groups -OCH3 is 2. The van der Waals surface area contributed by atoms with Crippen LogP contribution < -0.4 is 20.1 Å². The molecule has 2 aromatic carbocycles. The Morgan fingerprint density at radius 1 is 1.23 bits per heavy atom. The van der Waals surface area contributed by atoms with Crippen molar-refractivity contribution in [2.24, 2.45) is 0 Å². The summed E-state index contributed by atoms with van der Waals surface area (Å²) in [5.74, 6) is -1.40. The number of nitrogens with zero attached hydrogens (tertiary/aromatic N) is 1. The van der Waals surface area contributed by atoms with Gasteiger partial charge in [0, 0.05) is 0 Å². The fourth-order valence-electron chi connectivity index (χ4n) is 2.80. The second-order valence-corrected chi connectivity index (χ2v) is 6.55. The molecule has 1 aliphatic rings. The van der Waals surface area contributed by atoms with Gasteiger partial charge in [-0.3, -0.25) is 9.59 Å². The molecule has 3 rings (SSSR count). The van der Waals surface area contributed by atoms with Gasteiger partial charge in [0.05, 0.1) is 24.9 Å². The van der Waals surface area contributed by atoms with Crippen LogP contribution in [0, 0.1) is 5.82 Å². The molecule has 30 heavy (non-hydrogen) atoms. The zero-order valence-corrected chi connectivity index (χ0v) is 16.7. The molecule has 0 atom stereocenters. The molecule has 0 aliphatic carbocycles. The topological polar surface area (TPSA) is 97.0 Å². The molecule has 0 aromatic heterocycles. The Hall–Kier alpha value is -3.59. The molecule has 2 N–H and O–H groups in total. The first-order chi connectivity index (χ1) is 14.3. The molecule has 0 bridgehead atoms. The number of hydrogen-bond donors (Lipinski definition) is 2. The van der Waals surface area contributed by atoms with Crippen LogP contribution in [-0.2, 0) is 9.59 Å². The summed E-state index contributed by atoms with van der Waals surface area (Å²) in [5, 5.41) is 4.97. The van der Waals surface area contributed by atoms with E-state index in [1.807, 2.05) is 0 Å². The molecule has 156 valence electrons. The monoisotopic (exact) mass is 433 g/mol. The second-order valence-electron chi connectivity index (χ2n) is 6.15. The van der Waals surface area contributed by atoms with E-state index in [1.54, 1.807) is 12.1 Å².